The predicted octanol–water partition coefficient (Wildman–Crippen LogP) is 2.64. The number of nitrogens with one attached hydrogen (secondary N) is 2. The molecule has 7 nitrogen and oxygen atoms in total. The number of ether oxygens (including phenoxy) is 3. The highest BCUT2D eigenvalue weighted by molar-refractivity contribution is 14.0. The molecule has 31 heavy (non-hydrogen) atoms. The van der Waals surface area contributed by atoms with E-state index in [1.807, 2.05) is 19.2 Å². The Morgan fingerprint density at radius 3 is 2.26 bits per heavy atom. The molecule has 8 heteroatoms. The fourth-order valence-corrected chi connectivity index (χ4v) is 4.33. The van der Waals surface area contributed by atoms with Crippen LogP contribution >= 0.6 is 24.0 Å². The van der Waals surface area contributed by atoms with Crippen LogP contribution in [0.3, 0.4) is 0 Å². The molecule has 0 amide bonds. The number of rotatable bonds is 7. The van der Waals surface area contributed by atoms with Crippen molar-refractivity contribution < 1.29 is 14.2 Å². The van der Waals surface area contributed by atoms with Gasteiger partial charge in [-0.05, 0) is 44.4 Å². The number of halogens is 1. The number of aliphatic imine (C=N–C) groups is 1. The second-order valence-corrected chi connectivity index (χ2v) is 8.81. The molecule has 0 aromatic heterocycles. The van der Waals surface area contributed by atoms with E-state index in [2.05, 4.69) is 46.5 Å². The molecule has 0 spiro atoms. The van der Waals surface area contributed by atoms with E-state index >= 15 is 0 Å². The van der Waals surface area contributed by atoms with E-state index < -0.39 is 0 Å². The minimum absolute atomic E-state index is 0. The lowest BCUT2D eigenvalue weighted by molar-refractivity contribution is -0.00835. The van der Waals surface area contributed by atoms with E-state index in [1.165, 1.54) is 5.56 Å². The molecule has 0 aliphatic carbocycles. The molecule has 0 unspecified atom stereocenters. The van der Waals surface area contributed by atoms with Gasteiger partial charge in [0.15, 0.2) is 5.96 Å². The Balaban J connectivity index is 0.00000341. The number of nitrogens with zero attached hydrogens (tertiary/aromatic N) is 2. The summed E-state index contributed by atoms with van der Waals surface area (Å²) in [5.41, 5.74) is 1.39. The summed E-state index contributed by atoms with van der Waals surface area (Å²) in [6.45, 7) is 11.3. The molecule has 2 N–H and O–H groups in total. The molecule has 2 heterocycles. The molecule has 176 valence electrons. The van der Waals surface area contributed by atoms with Crippen molar-refractivity contribution in [3.8, 4) is 5.75 Å². The number of methoxy groups -OCH3 is 1. The molecule has 3 rings (SSSR count). The van der Waals surface area contributed by atoms with Gasteiger partial charge in [0.2, 0.25) is 0 Å². The number of hydrogen-bond acceptors (Lipinski definition) is 5. The van der Waals surface area contributed by atoms with Gasteiger partial charge in [-0.25, -0.2) is 0 Å². The summed E-state index contributed by atoms with van der Waals surface area (Å²) in [5.74, 6) is 1.73. The summed E-state index contributed by atoms with van der Waals surface area (Å²) in [5, 5.41) is 7.13. The summed E-state index contributed by atoms with van der Waals surface area (Å²) in [6.07, 6.45) is 1.98. The lowest BCUT2D eigenvalue weighted by atomic mass is 9.74. The second kappa shape index (κ2) is 12.2. The van der Waals surface area contributed by atoms with Crippen LogP contribution in [0, 0.1) is 0 Å². The van der Waals surface area contributed by atoms with Gasteiger partial charge in [-0.15, -0.1) is 24.0 Å². The number of morpholine rings is 1. The Kier molecular flexibility index (Phi) is 10.3. The third kappa shape index (κ3) is 6.94. The maximum atomic E-state index is 5.67. The van der Waals surface area contributed by atoms with Gasteiger partial charge in [-0.3, -0.25) is 9.89 Å². The van der Waals surface area contributed by atoms with Crippen molar-refractivity contribution in [1.29, 1.82) is 0 Å². The predicted molar refractivity (Wildman–Crippen MR) is 136 cm³/mol. The monoisotopic (exact) mass is 546 g/mol. The van der Waals surface area contributed by atoms with E-state index in [0.29, 0.717) is 0 Å². The van der Waals surface area contributed by atoms with Gasteiger partial charge in [0.25, 0.3) is 0 Å². The van der Waals surface area contributed by atoms with Crippen LogP contribution in [0.25, 0.3) is 0 Å². The average Bonchev–Trinajstić information content (AvgIpc) is 2.80. The summed E-state index contributed by atoms with van der Waals surface area (Å²) in [7, 11) is 3.54. The molecule has 2 fully saturated rings. The first-order valence-electron chi connectivity index (χ1n) is 11.0. The number of benzene rings is 1. The third-order valence-corrected chi connectivity index (χ3v) is 6.53. The molecule has 1 aromatic carbocycles. The first kappa shape index (κ1) is 26.2. The molecule has 0 atom stereocenters. The van der Waals surface area contributed by atoms with Crippen LogP contribution in [0.15, 0.2) is 29.3 Å². The summed E-state index contributed by atoms with van der Waals surface area (Å²) in [4.78, 5) is 6.95. The SMILES string of the molecule is CN=C(NCC1(c2ccc(OC)cc2)CCOCC1)NCC(C)(C)N1CCOCC1.I. The Morgan fingerprint density at radius 1 is 1.06 bits per heavy atom. The summed E-state index contributed by atoms with van der Waals surface area (Å²) >= 11 is 0. The van der Waals surface area contributed by atoms with E-state index in [9.17, 15) is 0 Å². The van der Waals surface area contributed by atoms with Gasteiger partial charge in [-0.2, -0.15) is 0 Å². The molecular weight excluding hydrogens is 507 g/mol. The van der Waals surface area contributed by atoms with Crippen molar-refractivity contribution in [3.05, 3.63) is 29.8 Å². The summed E-state index contributed by atoms with van der Waals surface area (Å²) < 4.78 is 16.5. The maximum absolute atomic E-state index is 5.67. The van der Waals surface area contributed by atoms with E-state index in [4.69, 9.17) is 14.2 Å². The van der Waals surface area contributed by atoms with E-state index in [-0.39, 0.29) is 34.9 Å². The van der Waals surface area contributed by atoms with Crippen LogP contribution in [0.4, 0.5) is 0 Å². The van der Waals surface area contributed by atoms with Crippen LogP contribution in [0.1, 0.15) is 32.3 Å². The van der Waals surface area contributed by atoms with Crippen LogP contribution < -0.4 is 15.4 Å². The van der Waals surface area contributed by atoms with E-state index in [0.717, 1.165) is 77.2 Å². The van der Waals surface area contributed by atoms with Crippen molar-refractivity contribution in [3.63, 3.8) is 0 Å². The highest BCUT2D eigenvalue weighted by Crippen LogP contribution is 2.35. The highest BCUT2D eigenvalue weighted by atomic mass is 127. The fraction of sp³-hybridized carbons (Fsp3) is 0.696. The first-order chi connectivity index (χ1) is 14.5. The third-order valence-electron chi connectivity index (χ3n) is 6.53. The highest BCUT2D eigenvalue weighted by Gasteiger charge is 2.35. The number of hydrogen-bond donors (Lipinski definition) is 2. The zero-order chi connectivity index (χ0) is 21.5. The average molecular weight is 546 g/mol. The van der Waals surface area contributed by atoms with Crippen LogP contribution in [0.5, 0.6) is 5.75 Å². The minimum Gasteiger partial charge on any atom is -0.497 e. The van der Waals surface area contributed by atoms with Crippen molar-refractivity contribution >= 4 is 29.9 Å². The van der Waals surface area contributed by atoms with Gasteiger partial charge in [0, 0.05) is 57.4 Å². The largest absolute Gasteiger partial charge is 0.497 e. The van der Waals surface area contributed by atoms with Crippen LogP contribution in [0.2, 0.25) is 0 Å². The molecule has 2 saturated heterocycles. The molecule has 0 saturated carbocycles. The minimum atomic E-state index is 0. The molecular formula is C23H39IN4O3. The standard InChI is InChI=1S/C23H38N4O3.HI/c1-22(2,27-11-15-30-16-12-27)17-25-21(24-3)26-18-23(9-13-29-14-10-23)19-5-7-20(28-4)8-6-19;/h5-8H,9-18H2,1-4H3,(H2,24,25,26);1H. The smallest absolute Gasteiger partial charge is 0.191 e. The van der Waals surface area contributed by atoms with Gasteiger partial charge >= 0.3 is 0 Å². The molecule has 2 aliphatic rings. The Bertz CT molecular complexity index is 685. The lowest BCUT2D eigenvalue weighted by Crippen LogP contribution is -2.57. The van der Waals surface area contributed by atoms with Crippen molar-refractivity contribution in [2.75, 3.05) is 66.8 Å². The number of guanidine groups is 1. The summed E-state index contributed by atoms with van der Waals surface area (Å²) in [6, 6.07) is 8.46. The van der Waals surface area contributed by atoms with Gasteiger partial charge in [-0.1, -0.05) is 12.1 Å². The zero-order valence-electron chi connectivity index (χ0n) is 19.4. The van der Waals surface area contributed by atoms with Gasteiger partial charge in [0.05, 0.1) is 20.3 Å². The Labute approximate surface area is 204 Å². The quantitative estimate of drug-likeness (QED) is 0.312. The van der Waals surface area contributed by atoms with Gasteiger partial charge < -0.3 is 24.8 Å². The van der Waals surface area contributed by atoms with Crippen molar-refractivity contribution in [2.24, 2.45) is 4.99 Å². The van der Waals surface area contributed by atoms with Crippen molar-refractivity contribution in [2.45, 2.75) is 37.6 Å². The molecule has 1 aromatic rings. The normalized spacial score (nSPS) is 19.9. The topological polar surface area (TPSA) is 67.4 Å². The molecule has 0 radical (unpaired) electrons. The molecule has 2 aliphatic heterocycles. The first-order valence-corrected chi connectivity index (χ1v) is 11.0. The lowest BCUT2D eigenvalue weighted by Gasteiger charge is -2.41. The van der Waals surface area contributed by atoms with Crippen molar-refractivity contribution in [1.82, 2.24) is 15.5 Å². The van der Waals surface area contributed by atoms with Gasteiger partial charge in [0.1, 0.15) is 5.75 Å². The Morgan fingerprint density at radius 2 is 1.68 bits per heavy atom. The van der Waals surface area contributed by atoms with E-state index in [1.54, 1.807) is 7.11 Å². The Hall–Kier alpha value is -1.10. The van der Waals surface area contributed by atoms with Crippen LogP contribution in [-0.2, 0) is 14.9 Å². The van der Waals surface area contributed by atoms with Crippen LogP contribution in [-0.4, -0.2) is 83.2 Å². The molecule has 0 bridgehead atoms. The fourth-order valence-electron chi connectivity index (χ4n) is 4.33. The second-order valence-electron chi connectivity index (χ2n) is 8.81. The zero-order valence-corrected chi connectivity index (χ0v) is 21.7. The maximum Gasteiger partial charge on any atom is 0.191 e.